The molecular weight excluding hydrogens is 234 g/mol. The molecule has 18 heavy (non-hydrogen) atoms. The Labute approximate surface area is 105 Å². The highest BCUT2D eigenvalue weighted by Crippen LogP contribution is 2.21. The molecule has 98 valence electrons. The molecule has 1 N–H and O–H groups in total. The molecule has 1 amide bonds. The molecule has 1 aliphatic rings. The zero-order valence-corrected chi connectivity index (χ0v) is 10.6. The van der Waals surface area contributed by atoms with E-state index in [1.165, 1.54) is 4.90 Å². The maximum Gasteiger partial charge on any atom is 0.326 e. The molecule has 0 saturated carbocycles. The molecule has 1 atom stereocenters. The average molecular weight is 251 g/mol. The van der Waals surface area contributed by atoms with Crippen molar-refractivity contribution in [2.75, 3.05) is 6.54 Å². The van der Waals surface area contributed by atoms with Gasteiger partial charge < -0.3 is 10.0 Å². The Kier molecular flexibility index (Phi) is 3.36. The van der Waals surface area contributed by atoms with Gasteiger partial charge in [-0.25, -0.2) is 4.79 Å². The summed E-state index contributed by atoms with van der Waals surface area (Å²) in [5.74, 6) is -1.15. The summed E-state index contributed by atoms with van der Waals surface area (Å²) in [4.78, 5) is 24.9. The van der Waals surface area contributed by atoms with Crippen LogP contribution in [0, 0.1) is 0 Å². The number of rotatable bonds is 3. The second kappa shape index (κ2) is 4.80. The van der Waals surface area contributed by atoms with Crippen molar-refractivity contribution in [1.82, 2.24) is 14.7 Å². The van der Waals surface area contributed by atoms with Gasteiger partial charge in [0, 0.05) is 19.8 Å². The molecule has 1 fully saturated rings. The maximum absolute atomic E-state index is 12.4. The highest BCUT2D eigenvalue weighted by atomic mass is 16.4. The van der Waals surface area contributed by atoms with Gasteiger partial charge >= 0.3 is 5.97 Å². The molecule has 2 rings (SSSR count). The first-order valence-corrected chi connectivity index (χ1v) is 6.11. The number of aryl methyl sites for hydroxylation is 2. The lowest BCUT2D eigenvalue weighted by Crippen LogP contribution is -2.40. The lowest BCUT2D eigenvalue weighted by atomic mass is 10.1. The van der Waals surface area contributed by atoms with Crippen LogP contribution in [0.25, 0.3) is 0 Å². The van der Waals surface area contributed by atoms with Crippen molar-refractivity contribution >= 4 is 11.9 Å². The fourth-order valence-corrected chi connectivity index (χ4v) is 2.40. The summed E-state index contributed by atoms with van der Waals surface area (Å²) in [5, 5.41) is 13.3. The predicted octanol–water partition coefficient (Wildman–Crippen LogP) is 0.672. The smallest absolute Gasteiger partial charge is 0.326 e. The molecule has 1 aromatic rings. The van der Waals surface area contributed by atoms with Crippen LogP contribution in [0.1, 0.15) is 35.8 Å². The van der Waals surface area contributed by atoms with Crippen LogP contribution in [0.5, 0.6) is 0 Å². The highest BCUT2D eigenvalue weighted by molar-refractivity contribution is 5.97. The molecular formula is C12H17N3O3. The van der Waals surface area contributed by atoms with Crippen molar-refractivity contribution in [2.24, 2.45) is 7.05 Å². The molecule has 1 aromatic heterocycles. The van der Waals surface area contributed by atoms with Crippen LogP contribution < -0.4 is 0 Å². The monoisotopic (exact) mass is 251 g/mol. The lowest BCUT2D eigenvalue weighted by Gasteiger charge is -2.21. The van der Waals surface area contributed by atoms with E-state index in [-0.39, 0.29) is 5.91 Å². The van der Waals surface area contributed by atoms with Gasteiger partial charge in [0.1, 0.15) is 6.04 Å². The van der Waals surface area contributed by atoms with E-state index in [0.717, 1.165) is 12.1 Å². The summed E-state index contributed by atoms with van der Waals surface area (Å²) in [7, 11) is 1.76. The normalized spacial score (nSPS) is 19.2. The minimum Gasteiger partial charge on any atom is -0.480 e. The number of carbonyl (C=O) groups is 2. The quantitative estimate of drug-likeness (QED) is 0.856. The van der Waals surface area contributed by atoms with Crippen molar-refractivity contribution in [3.8, 4) is 0 Å². The van der Waals surface area contributed by atoms with E-state index in [1.807, 2.05) is 6.92 Å². The zero-order valence-electron chi connectivity index (χ0n) is 10.6. The van der Waals surface area contributed by atoms with Gasteiger partial charge in [0.05, 0.1) is 11.3 Å². The molecule has 1 aliphatic heterocycles. The van der Waals surface area contributed by atoms with Crippen molar-refractivity contribution in [1.29, 1.82) is 0 Å². The molecule has 1 unspecified atom stereocenters. The van der Waals surface area contributed by atoms with Gasteiger partial charge in [0.2, 0.25) is 0 Å². The summed E-state index contributed by atoms with van der Waals surface area (Å²) >= 11 is 0. The first-order valence-electron chi connectivity index (χ1n) is 6.11. The number of aliphatic carboxylic acids is 1. The standard InChI is InChI=1S/C12H17N3O3/c1-3-9-8(7-14(2)13-9)11(16)15-6-4-5-10(15)12(17)18/h7,10H,3-6H2,1-2H3,(H,17,18). The van der Waals surface area contributed by atoms with E-state index in [0.29, 0.717) is 24.9 Å². The summed E-state index contributed by atoms with van der Waals surface area (Å²) in [5.41, 5.74) is 1.24. The molecule has 0 bridgehead atoms. The Morgan fingerprint density at radius 3 is 2.89 bits per heavy atom. The Balaban J connectivity index is 2.27. The van der Waals surface area contributed by atoms with Crippen molar-refractivity contribution in [2.45, 2.75) is 32.2 Å². The number of carboxylic acid groups (broad SMARTS) is 1. The van der Waals surface area contributed by atoms with Gasteiger partial charge in [-0.3, -0.25) is 9.48 Å². The van der Waals surface area contributed by atoms with Crippen molar-refractivity contribution in [3.63, 3.8) is 0 Å². The van der Waals surface area contributed by atoms with Crippen LogP contribution >= 0.6 is 0 Å². The summed E-state index contributed by atoms with van der Waals surface area (Å²) in [6, 6.07) is -0.692. The number of hydrogen-bond acceptors (Lipinski definition) is 3. The minimum atomic E-state index is -0.928. The Morgan fingerprint density at radius 2 is 2.28 bits per heavy atom. The van der Waals surface area contributed by atoms with Gasteiger partial charge in [-0.05, 0) is 19.3 Å². The fraction of sp³-hybridized carbons (Fsp3) is 0.583. The van der Waals surface area contributed by atoms with Crippen LogP contribution in [-0.4, -0.2) is 44.3 Å². The number of aromatic nitrogens is 2. The average Bonchev–Trinajstić information content (AvgIpc) is 2.93. The summed E-state index contributed by atoms with van der Waals surface area (Å²) in [6.07, 6.45) is 3.60. The number of hydrogen-bond donors (Lipinski definition) is 1. The van der Waals surface area contributed by atoms with Crippen LogP contribution in [-0.2, 0) is 18.3 Å². The molecule has 0 aliphatic carbocycles. The minimum absolute atomic E-state index is 0.218. The SMILES string of the molecule is CCc1nn(C)cc1C(=O)N1CCCC1C(=O)O. The first kappa shape index (κ1) is 12.6. The second-order valence-electron chi connectivity index (χ2n) is 4.51. The molecule has 0 aromatic carbocycles. The zero-order chi connectivity index (χ0) is 13.3. The van der Waals surface area contributed by atoms with E-state index in [2.05, 4.69) is 5.10 Å². The van der Waals surface area contributed by atoms with Gasteiger partial charge in [0.15, 0.2) is 0 Å². The summed E-state index contributed by atoms with van der Waals surface area (Å²) in [6.45, 7) is 2.44. The molecule has 0 radical (unpaired) electrons. The van der Waals surface area contributed by atoms with Crippen LogP contribution in [0.4, 0.5) is 0 Å². The van der Waals surface area contributed by atoms with Crippen molar-refractivity contribution < 1.29 is 14.7 Å². The van der Waals surface area contributed by atoms with Crippen LogP contribution in [0.15, 0.2) is 6.20 Å². The third kappa shape index (κ3) is 2.10. The van der Waals surface area contributed by atoms with Crippen molar-refractivity contribution in [3.05, 3.63) is 17.5 Å². The number of carbonyl (C=O) groups excluding carboxylic acids is 1. The van der Waals surface area contributed by atoms with Gasteiger partial charge in [-0.15, -0.1) is 0 Å². The van der Waals surface area contributed by atoms with Crippen LogP contribution in [0.3, 0.4) is 0 Å². The molecule has 6 heteroatoms. The Hall–Kier alpha value is -1.85. The highest BCUT2D eigenvalue weighted by Gasteiger charge is 2.35. The number of carboxylic acids is 1. The first-order chi connectivity index (χ1) is 8.54. The van der Waals surface area contributed by atoms with E-state index < -0.39 is 12.0 Å². The Bertz CT molecular complexity index is 481. The number of likely N-dealkylation sites (tertiary alicyclic amines) is 1. The lowest BCUT2D eigenvalue weighted by molar-refractivity contribution is -0.141. The molecule has 6 nitrogen and oxygen atoms in total. The van der Waals surface area contributed by atoms with E-state index in [1.54, 1.807) is 17.9 Å². The number of amides is 1. The van der Waals surface area contributed by atoms with Gasteiger partial charge in [-0.1, -0.05) is 6.92 Å². The second-order valence-corrected chi connectivity index (χ2v) is 4.51. The molecule has 1 saturated heterocycles. The largest absolute Gasteiger partial charge is 0.480 e. The van der Waals surface area contributed by atoms with Gasteiger partial charge in [0.25, 0.3) is 5.91 Å². The number of nitrogens with zero attached hydrogens (tertiary/aromatic N) is 3. The molecule has 2 heterocycles. The van der Waals surface area contributed by atoms with E-state index in [4.69, 9.17) is 5.11 Å². The third-order valence-electron chi connectivity index (χ3n) is 3.27. The fourth-order valence-electron chi connectivity index (χ4n) is 2.40. The van der Waals surface area contributed by atoms with E-state index >= 15 is 0 Å². The van der Waals surface area contributed by atoms with E-state index in [9.17, 15) is 9.59 Å². The predicted molar refractivity (Wildman–Crippen MR) is 64.3 cm³/mol. The topological polar surface area (TPSA) is 75.4 Å². The molecule has 0 spiro atoms. The Morgan fingerprint density at radius 1 is 1.56 bits per heavy atom. The summed E-state index contributed by atoms with van der Waals surface area (Å²) < 4.78 is 1.60. The van der Waals surface area contributed by atoms with Gasteiger partial charge in [-0.2, -0.15) is 5.10 Å². The maximum atomic E-state index is 12.4. The third-order valence-corrected chi connectivity index (χ3v) is 3.27. The van der Waals surface area contributed by atoms with Crippen LogP contribution in [0.2, 0.25) is 0 Å².